The summed E-state index contributed by atoms with van der Waals surface area (Å²) in [5.41, 5.74) is 3.78. The minimum absolute atomic E-state index is 0.126. The van der Waals surface area contributed by atoms with Crippen LogP contribution in [0.3, 0.4) is 0 Å². The van der Waals surface area contributed by atoms with Crippen LogP contribution in [0.25, 0.3) is 11.0 Å². The number of aliphatic hydroxyl groups is 1. The highest BCUT2D eigenvalue weighted by atomic mass is 32.2. The molecule has 5 fully saturated rings. The third-order valence-corrected chi connectivity index (χ3v) is 19.3. The van der Waals surface area contributed by atoms with Gasteiger partial charge in [0.1, 0.15) is 23.1 Å². The van der Waals surface area contributed by atoms with Crippen LogP contribution in [0.1, 0.15) is 131 Å². The Balaban J connectivity index is 0.865. The molecule has 1 spiro atoms. The number of amides is 1. The van der Waals surface area contributed by atoms with E-state index in [9.17, 15) is 28.4 Å². The first-order valence-corrected chi connectivity index (χ1v) is 28.1. The van der Waals surface area contributed by atoms with Crippen LogP contribution in [0.15, 0.2) is 71.1 Å². The van der Waals surface area contributed by atoms with Gasteiger partial charge in [0.05, 0.1) is 39.3 Å². The van der Waals surface area contributed by atoms with Crippen LogP contribution in [0.5, 0.6) is 5.88 Å². The first-order valence-electron chi connectivity index (χ1n) is 25.7. The van der Waals surface area contributed by atoms with Gasteiger partial charge in [0, 0.05) is 66.5 Å². The van der Waals surface area contributed by atoms with E-state index in [1.807, 2.05) is 48.7 Å². The molecular weight excluding hydrogens is 941 g/mol. The van der Waals surface area contributed by atoms with Crippen molar-refractivity contribution in [2.24, 2.45) is 11.3 Å². The monoisotopic (exact) mass is 1010 g/mol. The third kappa shape index (κ3) is 9.39. The standard InChI is InChI=1S/C53H66N8O8S2/c1-33(2)48-39(15-25-70-48)42-6-4-5-21-59(42)37-29-53(30-37)18-22-58(23-19-53)36-7-9-40(44(27-36)60-43-14-24-68-32-47(43)69-51-46(60)26-35-13-20-54-49(35)56-51)50(62)57-71(66,67)38-8-10-41(45(28-38)61(64)65)55-31-34-11-16-52(3,63)17-12-34/h7-10,13,15,20,25-28,33-34,37,42-43,47,55,63H,4-6,11-12,14,16-19,21-24,29-32H2,1-3H3,(H,54,56)(H,57,62)/t34?,42-,43-,47-,52?/m0/s1. The number of likely N-dealkylation sites (tertiary alicyclic amines) is 1. The van der Waals surface area contributed by atoms with Gasteiger partial charge in [-0.05, 0) is 161 Å². The van der Waals surface area contributed by atoms with Gasteiger partial charge in [0.15, 0.2) is 0 Å². The minimum Gasteiger partial charge on any atom is -0.468 e. The van der Waals surface area contributed by atoms with Crippen molar-refractivity contribution in [1.29, 1.82) is 0 Å². The largest absolute Gasteiger partial charge is 0.468 e. The summed E-state index contributed by atoms with van der Waals surface area (Å²) in [7, 11) is -4.61. The lowest BCUT2D eigenvalue weighted by Gasteiger charge is -2.57. The summed E-state index contributed by atoms with van der Waals surface area (Å²) in [6.07, 6.45) is 13.1. The van der Waals surface area contributed by atoms with Gasteiger partial charge in [-0.25, -0.2) is 13.1 Å². The fourth-order valence-corrected chi connectivity index (χ4v) is 14.6. The number of nitro benzene ring substituents is 1. The predicted octanol–water partition coefficient (Wildman–Crippen LogP) is 9.79. The number of pyridine rings is 1. The number of anilines is 4. The number of nitro groups is 1. The maximum Gasteiger partial charge on any atom is 0.293 e. The lowest BCUT2D eigenvalue weighted by molar-refractivity contribution is -0.384. The number of aromatic amines is 1. The van der Waals surface area contributed by atoms with Crippen LogP contribution < -0.4 is 24.6 Å². The number of benzene rings is 2. The van der Waals surface area contributed by atoms with Crippen molar-refractivity contribution < 1.29 is 32.7 Å². The van der Waals surface area contributed by atoms with Gasteiger partial charge in [-0.1, -0.05) is 20.3 Å². The Morgan fingerprint density at radius 1 is 1.00 bits per heavy atom. The number of piperidine rings is 2. The molecule has 0 unspecified atom stereocenters. The van der Waals surface area contributed by atoms with E-state index in [0.717, 1.165) is 62.5 Å². The molecule has 2 saturated carbocycles. The molecule has 3 atom stereocenters. The molecule has 11 rings (SSSR count). The molecule has 2 aliphatic carbocycles. The van der Waals surface area contributed by atoms with E-state index in [2.05, 4.69) is 55.0 Å². The fourth-order valence-electron chi connectivity index (χ4n) is 12.7. The van der Waals surface area contributed by atoms with E-state index in [1.165, 1.54) is 49.1 Å². The number of fused-ring (bicyclic) bond motifs is 3. The number of carbonyl (C=O) groups excluding carboxylic acids is 1. The first kappa shape index (κ1) is 48.0. The molecule has 0 bridgehead atoms. The van der Waals surface area contributed by atoms with E-state index >= 15 is 0 Å². The van der Waals surface area contributed by atoms with Gasteiger partial charge in [0.25, 0.3) is 21.6 Å². The van der Waals surface area contributed by atoms with E-state index in [4.69, 9.17) is 14.5 Å². The Hall–Kier alpha value is -5.27. The Bertz CT molecular complexity index is 2910. The van der Waals surface area contributed by atoms with Crippen molar-refractivity contribution in [2.45, 2.75) is 138 Å². The van der Waals surface area contributed by atoms with Gasteiger partial charge in [-0.15, -0.1) is 11.3 Å². The molecule has 6 aliphatic rings. The minimum atomic E-state index is -4.61. The van der Waals surface area contributed by atoms with Crippen LogP contribution in [-0.4, -0.2) is 102 Å². The second-order valence-electron chi connectivity index (χ2n) is 21.8. The highest BCUT2D eigenvalue weighted by Crippen LogP contribution is 2.55. The average molecular weight is 1010 g/mol. The second kappa shape index (κ2) is 19.0. The Kier molecular flexibility index (Phi) is 12.8. The smallest absolute Gasteiger partial charge is 0.293 e. The average Bonchev–Trinajstić information content (AvgIpc) is 4.04. The summed E-state index contributed by atoms with van der Waals surface area (Å²) in [6.45, 7) is 10.5. The quantitative estimate of drug-likeness (QED) is 0.0682. The van der Waals surface area contributed by atoms with Gasteiger partial charge in [-0.3, -0.25) is 19.8 Å². The Labute approximate surface area is 419 Å². The summed E-state index contributed by atoms with van der Waals surface area (Å²) in [4.78, 5) is 42.9. The molecule has 2 aromatic carbocycles. The summed E-state index contributed by atoms with van der Waals surface area (Å²) < 4.78 is 43.1. The second-order valence-corrected chi connectivity index (χ2v) is 24.4. The zero-order chi connectivity index (χ0) is 49.2. The number of rotatable bonds is 12. The molecule has 16 nitrogen and oxygen atoms in total. The number of sulfonamides is 1. The number of H-pyrrole nitrogens is 1. The van der Waals surface area contributed by atoms with Gasteiger partial charge < -0.3 is 34.7 Å². The molecular formula is C53H66N8O8S2. The number of nitrogens with one attached hydrogen (secondary N) is 3. The van der Waals surface area contributed by atoms with Crippen LogP contribution in [0.4, 0.5) is 28.4 Å². The highest BCUT2D eigenvalue weighted by Gasteiger charge is 2.50. The van der Waals surface area contributed by atoms with Crippen LogP contribution in [0, 0.1) is 21.4 Å². The predicted molar refractivity (Wildman–Crippen MR) is 276 cm³/mol. The zero-order valence-electron chi connectivity index (χ0n) is 40.9. The summed E-state index contributed by atoms with van der Waals surface area (Å²) in [5.74, 6) is 0.241. The highest BCUT2D eigenvalue weighted by molar-refractivity contribution is 7.90. The third-order valence-electron chi connectivity index (χ3n) is 16.7. The molecule has 7 heterocycles. The van der Waals surface area contributed by atoms with Crippen LogP contribution >= 0.6 is 11.3 Å². The van der Waals surface area contributed by atoms with E-state index < -0.39 is 43.1 Å². The van der Waals surface area contributed by atoms with E-state index in [-0.39, 0.29) is 23.2 Å². The normalized spacial score (nSPS) is 25.9. The number of carbonyl (C=O) groups is 1. The van der Waals surface area contributed by atoms with Crippen molar-refractivity contribution in [2.75, 3.05) is 54.5 Å². The molecule has 71 heavy (non-hydrogen) atoms. The fraction of sp³-hybridized carbons (Fsp3) is 0.547. The van der Waals surface area contributed by atoms with Crippen molar-refractivity contribution >= 4 is 66.7 Å². The number of hydrogen-bond donors (Lipinski definition) is 4. The van der Waals surface area contributed by atoms with Gasteiger partial charge >= 0.3 is 0 Å². The van der Waals surface area contributed by atoms with Crippen LogP contribution in [-0.2, 0) is 14.8 Å². The SMILES string of the molecule is CC(C)c1sccc1[C@@H]1CCCCN1C1CC2(CCN(c3ccc(C(=O)NS(=O)(=O)c4ccc(NCC5CCC(C)(O)CC5)c([N+](=O)[O-])c4)c(N4c5cc6cc[nH]c6nc5O[C@H]5COCC[C@@H]54)c3)CC2)C1. The van der Waals surface area contributed by atoms with Crippen LogP contribution in [0.2, 0.25) is 0 Å². The molecule has 4 aliphatic heterocycles. The number of ether oxygens (including phenoxy) is 2. The van der Waals surface area contributed by atoms with Crippen molar-refractivity contribution in [3.63, 3.8) is 0 Å². The zero-order valence-corrected chi connectivity index (χ0v) is 42.5. The topological polar surface area (TPSA) is 196 Å². The number of thiophene rings is 1. The number of hydrogen-bond acceptors (Lipinski definition) is 14. The molecule has 18 heteroatoms. The number of aromatic nitrogens is 2. The maximum absolute atomic E-state index is 14.7. The first-order chi connectivity index (χ1) is 34.1. The summed E-state index contributed by atoms with van der Waals surface area (Å²) >= 11 is 1.91. The Morgan fingerprint density at radius 2 is 1.80 bits per heavy atom. The molecule has 1 amide bonds. The lowest BCUT2D eigenvalue weighted by atomic mass is 9.59. The van der Waals surface area contributed by atoms with Crippen molar-refractivity contribution in [3.05, 3.63) is 92.3 Å². The van der Waals surface area contributed by atoms with Crippen molar-refractivity contribution in [3.8, 4) is 5.88 Å². The lowest BCUT2D eigenvalue weighted by Crippen LogP contribution is -2.56. The molecule has 3 aromatic heterocycles. The molecule has 4 N–H and O–H groups in total. The molecule has 3 saturated heterocycles. The molecule has 0 radical (unpaired) electrons. The summed E-state index contributed by atoms with van der Waals surface area (Å²) in [5, 5.41) is 29.0. The van der Waals surface area contributed by atoms with Gasteiger partial charge in [0.2, 0.25) is 5.88 Å². The number of nitrogens with zero attached hydrogens (tertiary/aromatic N) is 5. The Morgan fingerprint density at radius 3 is 2.58 bits per heavy atom. The maximum atomic E-state index is 14.7. The van der Waals surface area contributed by atoms with E-state index in [1.54, 1.807) is 11.6 Å². The van der Waals surface area contributed by atoms with E-state index in [0.29, 0.717) is 85.3 Å². The van der Waals surface area contributed by atoms with Gasteiger partial charge in [-0.2, -0.15) is 4.98 Å². The molecule has 5 aromatic rings. The van der Waals surface area contributed by atoms with Crippen molar-refractivity contribution in [1.82, 2.24) is 19.6 Å². The molecule has 378 valence electrons. The summed E-state index contributed by atoms with van der Waals surface area (Å²) in [6, 6.07) is 16.4.